The molecule has 0 atom stereocenters. The second-order valence-corrected chi connectivity index (χ2v) is 9.17. The number of esters is 2. The fraction of sp³-hybridized carbons (Fsp3) is 0.400. The molecule has 30 heavy (non-hydrogen) atoms. The maximum atomic E-state index is 12.9. The number of carbonyl (C=O) groups is 2. The molecule has 1 aliphatic rings. The Kier molecular flexibility index (Phi) is 6.84. The Labute approximate surface area is 179 Å². The molecule has 0 amide bonds. The minimum atomic E-state index is -3.81. The summed E-state index contributed by atoms with van der Waals surface area (Å²) in [5.74, 6) is -0.694. The van der Waals surface area contributed by atoms with E-state index in [1.807, 2.05) is 0 Å². The van der Waals surface area contributed by atoms with Crippen molar-refractivity contribution in [3.05, 3.63) is 51.9 Å². The molecule has 0 bridgehead atoms. The van der Waals surface area contributed by atoms with E-state index in [1.165, 1.54) is 35.7 Å². The van der Waals surface area contributed by atoms with Crippen molar-refractivity contribution in [1.29, 1.82) is 0 Å². The zero-order chi connectivity index (χ0) is 21.9. The SMILES string of the molecule is COC(=O)c1cc(COC(=O)c2ccc(Cl)c(S(=O)(=O)N3CCCCC3)c2)oc1C. The van der Waals surface area contributed by atoms with E-state index >= 15 is 0 Å². The molecule has 3 rings (SSSR count). The number of halogens is 1. The number of furan rings is 1. The molecule has 0 radical (unpaired) electrons. The van der Waals surface area contributed by atoms with E-state index in [2.05, 4.69) is 4.74 Å². The van der Waals surface area contributed by atoms with E-state index < -0.39 is 22.0 Å². The van der Waals surface area contributed by atoms with E-state index in [-0.39, 0.29) is 33.4 Å². The molecule has 1 aromatic carbocycles. The minimum Gasteiger partial charge on any atom is -0.465 e. The lowest BCUT2D eigenvalue weighted by Crippen LogP contribution is -2.35. The highest BCUT2D eigenvalue weighted by atomic mass is 35.5. The summed E-state index contributed by atoms with van der Waals surface area (Å²) in [6.07, 6.45) is 2.56. The van der Waals surface area contributed by atoms with E-state index in [4.69, 9.17) is 20.8 Å². The predicted octanol–water partition coefficient (Wildman–Crippen LogP) is 3.56. The highest BCUT2D eigenvalue weighted by Gasteiger charge is 2.29. The summed E-state index contributed by atoms with van der Waals surface area (Å²) in [5, 5.41) is 0.0431. The van der Waals surface area contributed by atoms with Crippen LogP contribution in [0.5, 0.6) is 0 Å². The van der Waals surface area contributed by atoms with Crippen molar-refractivity contribution in [3.63, 3.8) is 0 Å². The van der Waals surface area contributed by atoms with Crippen LogP contribution in [0, 0.1) is 6.92 Å². The van der Waals surface area contributed by atoms with E-state index in [0.29, 0.717) is 18.8 Å². The molecule has 1 aromatic heterocycles. The highest BCUT2D eigenvalue weighted by Crippen LogP contribution is 2.28. The van der Waals surface area contributed by atoms with Gasteiger partial charge in [0.1, 0.15) is 28.6 Å². The van der Waals surface area contributed by atoms with Crippen molar-refractivity contribution in [2.75, 3.05) is 20.2 Å². The largest absolute Gasteiger partial charge is 0.465 e. The van der Waals surface area contributed by atoms with Crippen LogP contribution in [0.25, 0.3) is 0 Å². The van der Waals surface area contributed by atoms with Gasteiger partial charge >= 0.3 is 11.9 Å². The van der Waals surface area contributed by atoms with Gasteiger partial charge in [-0.3, -0.25) is 0 Å². The maximum Gasteiger partial charge on any atom is 0.341 e. The Bertz CT molecular complexity index is 1060. The first kappa shape index (κ1) is 22.3. The third-order valence-corrected chi connectivity index (χ3v) is 7.20. The van der Waals surface area contributed by atoms with E-state index in [1.54, 1.807) is 6.92 Å². The Morgan fingerprint density at radius 1 is 1.13 bits per heavy atom. The number of methoxy groups -OCH3 is 1. The molecule has 8 nitrogen and oxygen atoms in total. The summed E-state index contributed by atoms with van der Waals surface area (Å²) in [4.78, 5) is 24.0. The average molecular weight is 456 g/mol. The minimum absolute atomic E-state index is 0.0431. The van der Waals surface area contributed by atoms with Gasteiger partial charge in [-0.05, 0) is 44.0 Å². The molecule has 1 fully saturated rings. The van der Waals surface area contributed by atoms with Gasteiger partial charge in [-0.2, -0.15) is 4.31 Å². The third-order valence-electron chi connectivity index (χ3n) is 4.82. The van der Waals surface area contributed by atoms with Gasteiger partial charge in [-0.25, -0.2) is 18.0 Å². The molecule has 1 aliphatic heterocycles. The molecule has 162 valence electrons. The molecular weight excluding hydrogens is 434 g/mol. The Balaban J connectivity index is 1.76. The maximum absolute atomic E-state index is 12.9. The van der Waals surface area contributed by atoms with Gasteiger partial charge in [0.25, 0.3) is 0 Å². The number of hydrogen-bond donors (Lipinski definition) is 0. The van der Waals surface area contributed by atoms with Crippen LogP contribution in [0.2, 0.25) is 5.02 Å². The van der Waals surface area contributed by atoms with Gasteiger partial charge in [0.15, 0.2) is 0 Å². The molecule has 2 aromatic rings. The number of carbonyl (C=O) groups excluding carboxylic acids is 2. The smallest absolute Gasteiger partial charge is 0.341 e. The van der Waals surface area contributed by atoms with Gasteiger partial charge in [0.05, 0.1) is 17.7 Å². The standard InChI is InChI=1S/C20H22ClNO7S/c1-13-16(20(24)27-2)11-15(29-13)12-28-19(23)14-6-7-17(21)18(10-14)30(25,26)22-8-4-3-5-9-22/h6-7,10-11H,3-5,8-9,12H2,1-2H3. The molecule has 2 heterocycles. The Morgan fingerprint density at radius 3 is 2.50 bits per heavy atom. The molecule has 0 spiro atoms. The Morgan fingerprint density at radius 2 is 1.83 bits per heavy atom. The van der Waals surface area contributed by atoms with Crippen molar-refractivity contribution in [2.24, 2.45) is 0 Å². The lowest BCUT2D eigenvalue weighted by Gasteiger charge is -2.26. The van der Waals surface area contributed by atoms with Crippen LogP contribution in [0.3, 0.4) is 0 Å². The highest BCUT2D eigenvalue weighted by molar-refractivity contribution is 7.89. The van der Waals surface area contributed by atoms with Crippen LogP contribution >= 0.6 is 11.6 Å². The van der Waals surface area contributed by atoms with Crippen LogP contribution in [0.4, 0.5) is 0 Å². The quantitative estimate of drug-likeness (QED) is 0.613. The normalized spacial score (nSPS) is 15.0. The second-order valence-electron chi connectivity index (χ2n) is 6.86. The Hall–Kier alpha value is -2.36. The first-order valence-electron chi connectivity index (χ1n) is 9.38. The molecule has 0 aliphatic carbocycles. The molecule has 1 saturated heterocycles. The number of nitrogens with zero attached hydrogens (tertiary/aromatic N) is 1. The fourth-order valence-corrected chi connectivity index (χ4v) is 5.24. The second kappa shape index (κ2) is 9.20. The third kappa shape index (κ3) is 4.69. The number of ether oxygens (including phenoxy) is 2. The van der Waals surface area contributed by atoms with Gasteiger partial charge in [-0.1, -0.05) is 18.0 Å². The summed E-state index contributed by atoms with van der Waals surface area (Å²) in [7, 11) is -2.55. The summed E-state index contributed by atoms with van der Waals surface area (Å²) < 4.78 is 42.5. The number of piperidine rings is 1. The van der Waals surface area contributed by atoms with Crippen molar-refractivity contribution in [3.8, 4) is 0 Å². The number of sulfonamides is 1. The van der Waals surface area contributed by atoms with Gasteiger partial charge in [0.2, 0.25) is 10.0 Å². The van der Waals surface area contributed by atoms with Crippen LogP contribution in [-0.2, 0) is 26.1 Å². The number of hydrogen-bond acceptors (Lipinski definition) is 7. The van der Waals surface area contributed by atoms with E-state index in [0.717, 1.165) is 19.3 Å². The first-order chi connectivity index (χ1) is 14.2. The predicted molar refractivity (Wildman–Crippen MR) is 108 cm³/mol. The van der Waals surface area contributed by atoms with Gasteiger partial charge in [-0.15, -0.1) is 0 Å². The summed E-state index contributed by atoms with van der Waals surface area (Å²) in [6.45, 7) is 2.21. The topological polar surface area (TPSA) is 103 Å². The van der Waals surface area contributed by atoms with Crippen LogP contribution < -0.4 is 0 Å². The van der Waals surface area contributed by atoms with E-state index in [9.17, 15) is 18.0 Å². The van der Waals surface area contributed by atoms with Gasteiger partial charge in [0, 0.05) is 13.1 Å². The lowest BCUT2D eigenvalue weighted by molar-refractivity contribution is 0.0443. The van der Waals surface area contributed by atoms with Crippen LogP contribution in [0.15, 0.2) is 33.6 Å². The number of benzene rings is 1. The van der Waals surface area contributed by atoms with Crippen molar-refractivity contribution < 1.29 is 31.9 Å². The summed E-state index contributed by atoms with van der Waals surface area (Å²) in [5.41, 5.74) is 0.288. The lowest BCUT2D eigenvalue weighted by atomic mass is 10.2. The molecule has 0 saturated carbocycles. The summed E-state index contributed by atoms with van der Waals surface area (Å²) >= 11 is 6.12. The van der Waals surface area contributed by atoms with Crippen LogP contribution in [-0.4, -0.2) is 44.9 Å². The molecule has 0 N–H and O–H groups in total. The molecule has 10 heteroatoms. The van der Waals surface area contributed by atoms with Crippen LogP contribution in [0.1, 0.15) is 51.5 Å². The van der Waals surface area contributed by atoms with Gasteiger partial charge < -0.3 is 13.9 Å². The summed E-state index contributed by atoms with van der Waals surface area (Å²) in [6, 6.07) is 5.42. The average Bonchev–Trinajstić information content (AvgIpc) is 3.12. The van der Waals surface area contributed by atoms with Crippen molar-refractivity contribution in [1.82, 2.24) is 4.31 Å². The van der Waals surface area contributed by atoms with Crippen molar-refractivity contribution in [2.45, 2.75) is 37.7 Å². The fourth-order valence-electron chi connectivity index (χ4n) is 3.22. The monoisotopic (exact) mass is 455 g/mol. The van der Waals surface area contributed by atoms with Crippen molar-refractivity contribution >= 4 is 33.6 Å². The first-order valence-corrected chi connectivity index (χ1v) is 11.2. The number of rotatable bonds is 6. The zero-order valence-corrected chi connectivity index (χ0v) is 18.2. The number of aryl methyl sites for hydroxylation is 1. The zero-order valence-electron chi connectivity index (χ0n) is 16.6. The molecule has 0 unspecified atom stereocenters. The molecular formula is C20H22ClNO7S.